The van der Waals surface area contributed by atoms with Crippen LogP contribution in [0.4, 0.5) is 0 Å². The van der Waals surface area contributed by atoms with Crippen molar-refractivity contribution in [1.82, 2.24) is 0 Å². The Hall–Kier alpha value is 0.294. The zero-order chi connectivity index (χ0) is 5.98. The van der Waals surface area contributed by atoms with Crippen LogP contribution in [0.2, 0.25) is 6.55 Å². The number of rotatable bonds is 1. The molecule has 1 aliphatic carbocycles. The molecule has 0 aromatic rings. The van der Waals surface area contributed by atoms with E-state index in [2.05, 4.69) is 25.6 Å². The van der Waals surface area contributed by atoms with Crippen molar-refractivity contribution in [2.75, 3.05) is 0 Å². The monoisotopic (exact) mass is 132 g/mol. The molecule has 0 bridgehead atoms. The molecule has 0 fully saturated rings. The summed E-state index contributed by atoms with van der Waals surface area (Å²) < 4.78 is 0. The van der Waals surface area contributed by atoms with Crippen molar-refractivity contribution in [3.63, 3.8) is 0 Å². The summed E-state index contributed by atoms with van der Waals surface area (Å²) in [4.78, 5) is 0. The Morgan fingerprint density at radius 1 is 1.56 bits per heavy atom. The molecule has 9 heavy (non-hydrogen) atoms. The summed E-state index contributed by atoms with van der Waals surface area (Å²) in [7, 11) is 0.168. The maximum absolute atomic E-state index is 2.35. The third-order valence-corrected chi connectivity index (χ3v) is 2.97. The number of allylic oxidation sites excluding steroid dienone is 4. The van der Waals surface area contributed by atoms with Crippen LogP contribution in [0.1, 0.15) is 13.3 Å². The van der Waals surface area contributed by atoms with Crippen LogP contribution in [-0.2, 0) is 0 Å². The van der Waals surface area contributed by atoms with Crippen molar-refractivity contribution in [3.05, 3.63) is 22.9 Å². The van der Waals surface area contributed by atoms with Gasteiger partial charge in [-0.15, -0.1) is 0 Å². The van der Waals surface area contributed by atoms with Gasteiger partial charge in [0, 0.05) is 9.52 Å². The molecule has 2 heteroatoms. The summed E-state index contributed by atoms with van der Waals surface area (Å²) >= 11 is 0. The molecule has 0 amide bonds. The molecule has 46 valence electrons. The average molecular weight is 132 g/mol. The fourth-order valence-electron chi connectivity index (χ4n) is 0.978. The quantitative estimate of drug-likeness (QED) is 0.463. The van der Waals surface area contributed by atoms with Crippen LogP contribution in [0, 0.1) is 0 Å². The molecule has 0 heterocycles. The van der Waals surface area contributed by atoms with Gasteiger partial charge in [-0.25, -0.2) is 0 Å². The molecule has 0 atom stereocenters. The van der Waals surface area contributed by atoms with Gasteiger partial charge >= 0.3 is 18.9 Å². The summed E-state index contributed by atoms with van der Waals surface area (Å²) in [5.74, 6) is 0. The van der Waals surface area contributed by atoms with Crippen molar-refractivity contribution in [1.29, 1.82) is 0 Å². The van der Waals surface area contributed by atoms with E-state index in [1.54, 1.807) is 5.20 Å². The van der Waals surface area contributed by atoms with Gasteiger partial charge in [0.15, 0.2) is 0 Å². The molecule has 0 aromatic heterocycles. The fourth-order valence-corrected chi connectivity index (χ4v) is 1.94. The first-order chi connectivity index (χ1) is 3.83. The second-order valence-electron chi connectivity index (χ2n) is 2.31. The van der Waals surface area contributed by atoms with E-state index in [1.165, 1.54) is 12.0 Å². The molecule has 0 radical (unpaired) electrons. The standard InChI is InChI=1S/C7H12Si.Li.H/c1-6-3-4-7(5-6)8-2;;/h3,5H,4,8H2,1-2H3;;. The molecular weight excluding hydrogens is 119 g/mol. The Morgan fingerprint density at radius 2 is 2.22 bits per heavy atom. The Morgan fingerprint density at radius 3 is 2.44 bits per heavy atom. The van der Waals surface area contributed by atoms with Gasteiger partial charge in [-0.2, -0.15) is 0 Å². The fraction of sp³-hybridized carbons (Fsp3) is 0.429. The van der Waals surface area contributed by atoms with E-state index in [-0.39, 0.29) is 28.4 Å². The second kappa shape index (κ2) is 4.16. The molecule has 1 rings (SSSR count). The van der Waals surface area contributed by atoms with Crippen molar-refractivity contribution in [2.45, 2.75) is 19.9 Å². The van der Waals surface area contributed by atoms with Crippen LogP contribution in [0.15, 0.2) is 22.9 Å². The van der Waals surface area contributed by atoms with Crippen LogP contribution >= 0.6 is 0 Å². The molecule has 0 N–H and O–H groups in total. The molecule has 0 aliphatic heterocycles. The van der Waals surface area contributed by atoms with Gasteiger partial charge in [-0.1, -0.05) is 29.5 Å². The van der Waals surface area contributed by atoms with Gasteiger partial charge in [-0.05, 0) is 13.3 Å². The van der Waals surface area contributed by atoms with E-state index in [4.69, 9.17) is 0 Å². The first kappa shape index (κ1) is 9.29. The van der Waals surface area contributed by atoms with E-state index < -0.39 is 0 Å². The maximum atomic E-state index is 2.35. The second-order valence-corrected chi connectivity index (χ2v) is 3.92. The van der Waals surface area contributed by atoms with E-state index in [9.17, 15) is 0 Å². The predicted molar refractivity (Wildman–Crippen MR) is 48.0 cm³/mol. The zero-order valence-corrected chi connectivity index (χ0v) is 6.98. The topological polar surface area (TPSA) is 0 Å². The third kappa shape index (κ3) is 2.58. The van der Waals surface area contributed by atoms with Crippen LogP contribution in [0.3, 0.4) is 0 Å². The van der Waals surface area contributed by atoms with Gasteiger partial charge in [0.1, 0.15) is 0 Å². The Labute approximate surface area is 71.4 Å². The van der Waals surface area contributed by atoms with Crippen molar-refractivity contribution in [2.24, 2.45) is 0 Å². The normalized spacial score (nSPS) is 17.6. The summed E-state index contributed by atoms with van der Waals surface area (Å²) in [6.07, 6.45) is 5.91. The molecule has 0 nitrogen and oxygen atoms in total. The van der Waals surface area contributed by atoms with Crippen molar-refractivity contribution < 1.29 is 0 Å². The summed E-state index contributed by atoms with van der Waals surface area (Å²) in [6.45, 7) is 4.52. The summed E-state index contributed by atoms with van der Waals surface area (Å²) in [5.41, 5.74) is 1.47. The van der Waals surface area contributed by atoms with Gasteiger partial charge in [0.05, 0.1) is 0 Å². The number of hydrogen-bond donors (Lipinski definition) is 0. The summed E-state index contributed by atoms with van der Waals surface area (Å²) in [5, 5.41) is 1.71. The molecule has 0 unspecified atom stereocenters. The SMILES string of the molecule is C[SiH2]C1=CC(C)=CC1.[LiH]. The predicted octanol–water partition coefficient (Wildman–Crippen LogP) is 0.789. The van der Waals surface area contributed by atoms with E-state index in [0.29, 0.717) is 0 Å². The molecule has 0 saturated heterocycles. The zero-order valence-electron chi connectivity index (χ0n) is 5.57. The minimum atomic E-state index is 0. The van der Waals surface area contributed by atoms with Gasteiger partial charge in [0.2, 0.25) is 0 Å². The molecule has 0 spiro atoms. The Bertz CT molecular complexity index is 147. The van der Waals surface area contributed by atoms with Crippen LogP contribution in [0.25, 0.3) is 0 Å². The molecular formula is C7H13LiSi. The van der Waals surface area contributed by atoms with Gasteiger partial charge in [-0.3, -0.25) is 0 Å². The van der Waals surface area contributed by atoms with E-state index >= 15 is 0 Å². The Kier molecular flexibility index (Phi) is 4.30. The molecule has 0 aromatic carbocycles. The summed E-state index contributed by atoms with van der Waals surface area (Å²) in [6, 6.07) is 0. The van der Waals surface area contributed by atoms with E-state index in [1.807, 2.05) is 0 Å². The van der Waals surface area contributed by atoms with Crippen molar-refractivity contribution >= 4 is 28.4 Å². The van der Waals surface area contributed by atoms with Gasteiger partial charge in [0.25, 0.3) is 0 Å². The average Bonchev–Trinajstić information content (AvgIpc) is 2.14. The Balaban J connectivity index is 0.000000640. The third-order valence-electron chi connectivity index (χ3n) is 1.57. The van der Waals surface area contributed by atoms with Crippen LogP contribution in [0.5, 0.6) is 0 Å². The van der Waals surface area contributed by atoms with E-state index in [0.717, 1.165) is 0 Å². The number of hydrogen-bond acceptors (Lipinski definition) is 0. The van der Waals surface area contributed by atoms with Crippen molar-refractivity contribution in [3.8, 4) is 0 Å². The van der Waals surface area contributed by atoms with Gasteiger partial charge < -0.3 is 0 Å². The molecule has 0 saturated carbocycles. The first-order valence-electron chi connectivity index (χ1n) is 3.19. The minimum absolute atomic E-state index is 0. The molecule has 1 aliphatic rings. The van der Waals surface area contributed by atoms with Crippen LogP contribution in [-0.4, -0.2) is 28.4 Å². The van der Waals surface area contributed by atoms with Crippen LogP contribution < -0.4 is 0 Å². The first-order valence-corrected chi connectivity index (χ1v) is 5.31.